The molecule has 0 radical (unpaired) electrons. The van der Waals surface area contributed by atoms with Gasteiger partial charge in [-0.2, -0.15) is 14.9 Å². The standard InChI is InChI=1S/C19H14ClN5OS/c1-12-15(17(20)24(23-12)13-7-3-2-4-8-13)11-21-25-18(26)14-9-5-6-10-16(14)22-19(25)27/h2-11H,1H3,(H,22,27)/b21-11-. The largest absolute Gasteiger partial charge is 0.330 e. The van der Waals surface area contributed by atoms with Crippen LogP contribution >= 0.6 is 23.8 Å². The smallest absolute Gasteiger partial charge is 0.282 e. The lowest BCUT2D eigenvalue weighted by Gasteiger charge is -2.03. The highest BCUT2D eigenvalue weighted by molar-refractivity contribution is 7.71. The number of hydrogen-bond donors (Lipinski definition) is 1. The number of rotatable bonds is 3. The maximum absolute atomic E-state index is 12.7. The fourth-order valence-electron chi connectivity index (χ4n) is 2.77. The Hall–Kier alpha value is -3.03. The number of para-hydroxylation sites is 2. The van der Waals surface area contributed by atoms with Crippen molar-refractivity contribution in [3.05, 3.63) is 86.1 Å². The van der Waals surface area contributed by atoms with Crippen LogP contribution in [0.3, 0.4) is 0 Å². The van der Waals surface area contributed by atoms with Gasteiger partial charge in [0, 0.05) is 0 Å². The van der Waals surface area contributed by atoms with E-state index in [1.165, 1.54) is 6.21 Å². The molecule has 0 saturated carbocycles. The highest BCUT2D eigenvalue weighted by Gasteiger charge is 2.13. The van der Waals surface area contributed by atoms with Crippen molar-refractivity contribution in [2.75, 3.05) is 0 Å². The Bertz CT molecular complexity index is 1290. The van der Waals surface area contributed by atoms with Crippen molar-refractivity contribution in [3.8, 4) is 5.69 Å². The molecule has 8 heteroatoms. The van der Waals surface area contributed by atoms with E-state index in [9.17, 15) is 4.79 Å². The fraction of sp³-hybridized carbons (Fsp3) is 0.0526. The molecule has 0 aliphatic heterocycles. The second-order valence-corrected chi connectivity index (χ2v) is 6.62. The van der Waals surface area contributed by atoms with Gasteiger partial charge in [-0.25, -0.2) is 4.68 Å². The number of hydrogen-bond acceptors (Lipinski definition) is 4. The van der Waals surface area contributed by atoms with Crippen LogP contribution in [0, 0.1) is 11.7 Å². The monoisotopic (exact) mass is 395 g/mol. The van der Waals surface area contributed by atoms with Crippen molar-refractivity contribution in [1.82, 2.24) is 19.4 Å². The fourth-order valence-corrected chi connectivity index (χ4v) is 3.33. The molecule has 0 saturated heterocycles. The van der Waals surface area contributed by atoms with Gasteiger partial charge >= 0.3 is 0 Å². The van der Waals surface area contributed by atoms with Gasteiger partial charge in [-0.15, -0.1) is 0 Å². The van der Waals surface area contributed by atoms with Crippen LogP contribution in [-0.4, -0.2) is 25.7 Å². The summed E-state index contributed by atoms with van der Waals surface area (Å²) in [7, 11) is 0. The third kappa shape index (κ3) is 3.11. The van der Waals surface area contributed by atoms with Crippen LogP contribution < -0.4 is 5.56 Å². The molecule has 6 nitrogen and oxygen atoms in total. The summed E-state index contributed by atoms with van der Waals surface area (Å²) < 4.78 is 2.98. The van der Waals surface area contributed by atoms with E-state index < -0.39 is 0 Å². The van der Waals surface area contributed by atoms with Crippen LogP contribution in [0.15, 0.2) is 64.5 Å². The van der Waals surface area contributed by atoms with Crippen LogP contribution in [0.2, 0.25) is 5.15 Å². The zero-order valence-corrected chi connectivity index (χ0v) is 15.8. The number of aromatic nitrogens is 4. The molecule has 0 aliphatic carbocycles. The van der Waals surface area contributed by atoms with Crippen molar-refractivity contribution < 1.29 is 0 Å². The maximum Gasteiger partial charge on any atom is 0.282 e. The lowest BCUT2D eigenvalue weighted by atomic mass is 10.2. The molecule has 0 bridgehead atoms. The summed E-state index contributed by atoms with van der Waals surface area (Å²) in [6.45, 7) is 1.83. The summed E-state index contributed by atoms with van der Waals surface area (Å²) in [6.07, 6.45) is 1.50. The molecule has 0 aliphatic rings. The second kappa shape index (κ2) is 6.94. The summed E-state index contributed by atoms with van der Waals surface area (Å²) in [4.78, 5) is 15.7. The predicted molar refractivity (Wildman–Crippen MR) is 110 cm³/mol. The van der Waals surface area contributed by atoms with Gasteiger partial charge in [0.15, 0.2) is 0 Å². The van der Waals surface area contributed by atoms with Gasteiger partial charge in [-0.05, 0) is 43.4 Å². The van der Waals surface area contributed by atoms with Crippen LogP contribution in [0.25, 0.3) is 16.6 Å². The van der Waals surface area contributed by atoms with E-state index in [0.29, 0.717) is 27.3 Å². The minimum atomic E-state index is -0.296. The molecule has 4 rings (SSSR count). The SMILES string of the molecule is Cc1nn(-c2ccccc2)c(Cl)c1/C=N\n1c(=S)[nH]c2ccccc2c1=O. The third-order valence-corrected chi connectivity index (χ3v) is 4.77. The van der Waals surface area contributed by atoms with Crippen molar-refractivity contribution in [2.45, 2.75) is 6.92 Å². The molecule has 0 atom stereocenters. The van der Waals surface area contributed by atoms with E-state index in [1.54, 1.807) is 22.9 Å². The van der Waals surface area contributed by atoms with Crippen LogP contribution in [0.1, 0.15) is 11.3 Å². The van der Waals surface area contributed by atoms with E-state index >= 15 is 0 Å². The van der Waals surface area contributed by atoms with Crippen molar-refractivity contribution in [3.63, 3.8) is 0 Å². The van der Waals surface area contributed by atoms with Crippen LogP contribution in [-0.2, 0) is 0 Å². The van der Waals surface area contributed by atoms with Gasteiger partial charge in [0.25, 0.3) is 5.56 Å². The molecule has 2 heterocycles. The van der Waals surface area contributed by atoms with Crippen LogP contribution in [0.5, 0.6) is 0 Å². The summed E-state index contributed by atoms with van der Waals surface area (Å²) in [5.74, 6) is 0. The Morgan fingerprint density at radius 3 is 2.63 bits per heavy atom. The van der Waals surface area contributed by atoms with Gasteiger partial charge in [0.05, 0.1) is 34.1 Å². The molecule has 2 aromatic carbocycles. The number of H-pyrrole nitrogens is 1. The Kier molecular flexibility index (Phi) is 4.47. The van der Waals surface area contributed by atoms with Gasteiger partial charge in [0.1, 0.15) is 5.15 Å². The van der Waals surface area contributed by atoms with Crippen molar-refractivity contribution in [1.29, 1.82) is 0 Å². The molecule has 4 aromatic rings. The first-order valence-electron chi connectivity index (χ1n) is 8.15. The highest BCUT2D eigenvalue weighted by atomic mass is 35.5. The Morgan fingerprint density at radius 2 is 1.85 bits per heavy atom. The molecule has 0 spiro atoms. The van der Waals surface area contributed by atoms with Gasteiger partial charge in [-0.1, -0.05) is 41.9 Å². The molecule has 0 unspecified atom stereocenters. The first kappa shape index (κ1) is 17.4. The Balaban J connectivity index is 1.81. The van der Waals surface area contributed by atoms with E-state index in [0.717, 1.165) is 10.4 Å². The van der Waals surface area contributed by atoms with Gasteiger partial charge in [0.2, 0.25) is 4.77 Å². The molecule has 0 amide bonds. The summed E-state index contributed by atoms with van der Waals surface area (Å²) in [5, 5.41) is 9.63. The molecular formula is C19H14ClN5OS. The molecule has 1 N–H and O–H groups in total. The lowest BCUT2D eigenvalue weighted by Crippen LogP contribution is -2.18. The van der Waals surface area contributed by atoms with Crippen molar-refractivity contribution in [2.24, 2.45) is 5.10 Å². The summed E-state index contributed by atoms with van der Waals surface area (Å²) in [5.41, 5.74) is 2.52. The van der Waals surface area contributed by atoms with E-state index in [1.807, 2.05) is 43.3 Å². The molecule has 0 fully saturated rings. The first-order valence-corrected chi connectivity index (χ1v) is 8.94. The predicted octanol–water partition coefficient (Wildman–Crippen LogP) is 4.09. The minimum absolute atomic E-state index is 0.208. The quantitative estimate of drug-likeness (QED) is 0.419. The number of nitrogens with zero attached hydrogens (tertiary/aromatic N) is 4. The van der Waals surface area contributed by atoms with Gasteiger partial charge in [-0.3, -0.25) is 4.79 Å². The Morgan fingerprint density at radius 1 is 1.15 bits per heavy atom. The third-order valence-electron chi connectivity index (χ3n) is 4.13. The first-order chi connectivity index (χ1) is 13.1. The van der Waals surface area contributed by atoms with Crippen molar-refractivity contribution >= 4 is 40.9 Å². The number of nitrogens with one attached hydrogen (secondary N) is 1. The molecular weight excluding hydrogens is 382 g/mol. The van der Waals surface area contributed by atoms with Crippen LogP contribution in [0.4, 0.5) is 0 Å². The average Bonchev–Trinajstić information content (AvgIpc) is 2.96. The number of benzene rings is 2. The average molecular weight is 396 g/mol. The molecule has 2 aromatic heterocycles. The number of halogens is 1. The van der Waals surface area contributed by atoms with E-state index in [2.05, 4.69) is 15.2 Å². The molecule has 134 valence electrons. The summed E-state index contributed by atoms with van der Waals surface area (Å²) >= 11 is 11.8. The maximum atomic E-state index is 12.7. The molecule has 27 heavy (non-hydrogen) atoms. The Labute approximate surface area is 164 Å². The number of aryl methyl sites for hydroxylation is 1. The zero-order valence-electron chi connectivity index (χ0n) is 14.3. The lowest BCUT2D eigenvalue weighted by molar-refractivity contribution is 0.799. The highest BCUT2D eigenvalue weighted by Crippen LogP contribution is 2.22. The van der Waals surface area contributed by atoms with E-state index in [4.69, 9.17) is 23.8 Å². The zero-order chi connectivity index (χ0) is 19.0. The normalized spacial score (nSPS) is 11.5. The minimum Gasteiger partial charge on any atom is -0.330 e. The number of fused-ring (bicyclic) bond motifs is 1. The van der Waals surface area contributed by atoms with Gasteiger partial charge < -0.3 is 4.98 Å². The number of aromatic amines is 1. The summed E-state index contributed by atoms with van der Waals surface area (Å²) in [6, 6.07) is 16.7. The topological polar surface area (TPSA) is 68.0 Å². The second-order valence-electron chi connectivity index (χ2n) is 5.87. The van der Waals surface area contributed by atoms with E-state index in [-0.39, 0.29) is 10.3 Å².